The summed E-state index contributed by atoms with van der Waals surface area (Å²) in [6.07, 6.45) is 3.27. The fourth-order valence-electron chi connectivity index (χ4n) is 1.62. The van der Waals surface area contributed by atoms with Crippen molar-refractivity contribution in [3.8, 4) is 0 Å². The maximum absolute atomic E-state index is 13.6. The third-order valence-corrected chi connectivity index (χ3v) is 2.52. The molecule has 0 aliphatic rings. The zero-order valence-electron chi connectivity index (χ0n) is 10.0. The molecule has 1 heterocycles. The summed E-state index contributed by atoms with van der Waals surface area (Å²) in [5.41, 5.74) is -0.0283. The molecule has 0 saturated heterocycles. The Balaban J connectivity index is 2.18. The van der Waals surface area contributed by atoms with E-state index in [2.05, 4.69) is 10.4 Å². The Bertz CT molecular complexity index is 602. The highest BCUT2D eigenvalue weighted by Crippen LogP contribution is 2.21. The fraction of sp³-hybridized carbons (Fsp3) is 0.167. The Morgan fingerprint density at radius 2 is 2.05 bits per heavy atom. The monoisotopic (exact) mass is 267 g/mol. The molecule has 2 aromatic rings. The van der Waals surface area contributed by atoms with Crippen LogP contribution in [0.3, 0.4) is 0 Å². The zero-order valence-corrected chi connectivity index (χ0v) is 10.0. The van der Waals surface area contributed by atoms with Gasteiger partial charge in [-0.1, -0.05) is 0 Å². The van der Waals surface area contributed by atoms with E-state index in [1.807, 2.05) is 0 Å². The van der Waals surface area contributed by atoms with Crippen LogP contribution in [0.5, 0.6) is 0 Å². The van der Waals surface area contributed by atoms with Gasteiger partial charge < -0.3 is 10.4 Å². The summed E-state index contributed by atoms with van der Waals surface area (Å²) in [7, 11) is 1.73. The Labute approximate surface area is 107 Å². The second kappa shape index (κ2) is 5.05. The fourth-order valence-corrected chi connectivity index (χ4v) is 1.62. The molecular weight excluding hydrogens is 256 g/mol. The molecule has 7 heteroatoms. The Hall–Kier alpha value is -2.44. The van der Waals surface area contributed by atoms with Gasteiger partial charge in [-0.25, -0.2) is 13.6 Å². The van der Waals surface area contributed by atoms with E-state index in [9.17, 15) is 13.6 Å². The maximum Gasteiger partial charge on any atom is 0.335 e. The Kier molecular flexibility index (Phi) is 3.46. The second-order valence-corrected chi connectivity index (χ2v) is 4.00. The average molecular weight is 267 g/mol. The van der Waals surface area contributed by atoms with Crippen LogP contribution >= 0.6 is 0 Å². The summed E-state index contributed by atoms with van der Waals surface area (Å²) in [6, 6.07) is 1.55. The summed E-state index contributed by atoms with van der Waals surface area (Å²) >= 11 is 0. The summed E-state index contributed by atoms with van der Waals surface area (Å²) < 4.78 is 28.8. The van der Waals surface area contributed by atoms with Gasteiger partial charge in [0.05, 0.1) is 11.8 Å². The topological polar surface area (TPSA) is 67.2 Å². The molecule has 19 heavy (non-hydrogen) atoms. The average Bonchev–Trinajstić information content (AvgIpc) is 2.73. The summed E-state index contributed by atoms with van der Waals surface area (Å²) in [4.78, 5) is 10.6. The number of benzene rings is 1. The first-order chi connectivity index (χ1) is 8.97. The summed E-state index contributed by atoms with van der Waals surface area (Å²) in [6.45, 7) is 0.189. The summed E-state index contributed by atoms with van der Waals surface area (Å²) in [5.74, 6) is -3.26. The van der Waals surface area contributed by atoms with Crippen LogP contribution in [0.15, 0.2) is 24.5 Å². The molecule has 0 spiro atoms. The number of rotatable bonds is 4. The van der Waals surface area contributed by atoms with Crippen LogP contribution in [0, 0.1) is 11.6 Å². The molecule has 0 radical (unpaired) electrons. The highest BCUT2D eigenvalue weighted by Gasteiger charge is 2.14. The van der Waals surface area contributed by atoms with Crippen molar-refractivity contribution in [2.75, 3.05) is 5.32 Å². The number of carbonyl (C=O) groups is 1. The van der Waals surface area contributed by atoms with Crippen LogP contribution in [0.1, 0.15) is 15.9 Å². The SMILES string of the molecule is Cn1cc(CNc2c(F)cc(C(=O)O)cc2F)cn1. The van der Waals surface area contributed by atoms with Gasteiger partial charge in [0.1, 0.15) is 17.3 Å². The predicted molar refractivity (Wildman–Crippen MR) is 63.9 cm³/mol. The predicted octanol–water partition coefficient (Wildman–Crippen LogP) is 2.01. The van der Waals surface area contributed by atoms with E-state index < -0.39 is 23.2 Å². The van der Waals surface area contributed by atoms with Gasteiger partial charge in [0, 0.05) is 25.4 Å². The van der Waals surface area contributed by atoms with Gasteiger partial charge in [-0.05, 0) is 12.1 Å². The standard InChI is InChI=1S/C12H11F2N3O2/c1-17-6-7(5-16-17)4-15-11-9(13)2-8(12(18)19)3-10(11)14/h2-3,5-6,15H,4H2,1H3,(H,18,19). The van der Waals surface area contributed by atoms with Crippen molar-refractivity contribution < 1.29 is 18.7 Å². The lowest BCUT2D eigenvalue weighted by atomic mass is 10.2. The lowest BCUT2D eigenvalue weighted by Crippen LogP contribution is -2.06. The van der Waals surface area contributed by atoms with Crippen molar-refractivity contribution in [2.45, 2.75) is 6.54 Å². The van der Waals surface area contributed by atoms with Crippen molar-refractivity contribution in [3.05, 3.63) is 47.3 Å². The minimum absolute atomic E-state index is 0.189. The van der Waals surface area contributed by atoms with Crippen molar-refractivity contribution in [1.82, 2.24) is 9.78 Å². The van der Waals surface area contributed by atoms with E-state index >= 15 is 0 Å². The number of aromatic nitrogens is 2. The lowest BCUT2D eigenvalue weighted by Gasteiger charge is -2.08. The lowest BCUT2D eigenvalue weighted by molar-refractivity contribution is 0.0696. The van der Waals surface area contributed by atoms with Gasteiger partial charge in [0.25, 0.3) is 0 Å². The number of aryl methyl sites for hydroxylation is 1. The number of nitrogens with one attached hydrogen (secondary N) is 1. The Morgan fingerprint density at radius 3 is 2.53 bits per heavy atom. The van der Waals surface area contributed by atoms with Crippen LogP contribution in [-0.2, 0) is 13.6 Å². The molecule has 0 saturated carbocycles. The quantitative estimate of drug-likeness (QED) is 0.889. The molecule has 100 valence electrons. The highest BCUT2D eigenvalue weighted by atomic mass is 19.1. The van der Waals surface area contributed by atoms with Crippen LogP contribution in [-0.4, -0.2) is 20.9 Å². The molecule has 0 fully saturated rings. The third-order valence-electron chi connectivity index (χ3n) is 2.52. The molecular formula is C12H11F2N3O2. The van der Waals surface area contributed by atoms with Crippen LogP contribution in [0.2, 0.25) is 0 Å². The van der Waals surface area contributed by atoms with Gasteiger partial charge in [-0.3, -0.25) is 4.68 Å². The number of carboxylic acids is 1. The molecule has 5 nitrogen and oxygen atoms in total. The zero-order chi connectivity index (χ0) is 14.0. The normalized spacial score (nSPS) is 10.5. The van der Waals surface area contributed by atoms with Gasteiger partial charge in [-0.15, -0.1) is 0 Å². The first-order valence-electron chi connectivity index (χ1n) is 5.41. The second-order valence-electron chi connectivity index (χ2n) is 4.00. The van der Waals surface area contributed by atoms with E-state index in [-0.39, 0.29) is 12.2 Å². The van der Waals surface area contributed by atoms with Gasteiger partial charge >= 0.3 is 5.97 Å². The molecule has 1 aromatic carbocycles. The summed E-state index contributed by atoms with van der Waals surface area (Å²) in [5, 5.41) is 15.2. The number of halogens is 2. The molecule has 0 aliphatic carbocycles. The molecule has 2 rings (SSSR count). The number of aromatic carboxylic acids is 1. The van der Waals surface area contributed by atoms with E-state index in [4.69, 9.17) is 5.11 Å². The number of hydrogen-bond donors (Lipinski definition) is 2. The number of anilines is 1. The number of carboxylic acid groups (broad SMARTS) is 1. The van der Waals surface area contributed by atoms with Crippen molar-refractivity contribution in [1.29, 1.82) is 0 Å². The molecule has 0 unspecified atom stereocenters. The Morgan fingerprint density at radius 1 is 1.42 bits per heavy atom. The molecule has 0 amide bonds. The molecule has 2 N–H and O–H groups in total. The first-order valence-corrected chi connectivity index (χ1v) is 5.41. The third kappa shape index (κ3) is 2.87. The van der Waals surface area contributed by atoms with Gasteiger partial charge in [-0.2, -0.15) is 5.10 Å². The maximum atomic E-state index is 13.6. The van der Waals surface area contributed by atoms with Crippen molar-refractivity contribution in [2.24, 2.45) is 7.05 Å². The molecule has 0 bridgehead atoms. The molecule has 1 aromatic heterocycles. The van der Waals surface area contributed by atoms with E-state index in [1.54, 1.807) is 24.1 Å². The number of nitrogens with zero attached hydrogens (tertiary/aromatic N) is 2. The minimum atomic E-state index is -1.38. The smallest absolute Gasteiger partial charge is 0.335 e. The highest BCUT2D eigenvalue weighted by molar-refractivity contribution is 5.88. The van der Waals surface area contributed by atoms with Crippen molar-refractivity contribution in [3.63, 3.8) is 0 Å². The molecule has 0 aliphatic heterocycles. The minimum Gasteiger partial charge on any atom is -0.478 e. The molecule has 0 atom stereocenters. The first kappa shape index (κ1) is 13.0. The van der Waals surface area contributed by atoms with Crippen LogP contribution in [0.25, 0.3) is 0 Å². The van der Waals surface area contributed by atoms with Crippen LogP contribution < -0.4 is 5.32 Å². The largest absolute Gasteiger partial charge is 0.478 e. The van der Waals surface area contributed by atoms with E-state index in [0.717, 1.165) is 17.7 Å². The van der Waals surface area contributed by atoms with Gasteiger partial charge in [0.15, 0.2) is 0 Å². The van der Waals surface area contributed by atoms with E-state index in [0.29, 0.717) is 0 Å². The van der Waals surface area contributed by atoms with Crippen molar-refractivity contribution >= 4 is 11.7 Å². The van der Waals surface area contributed by atoms with Gasteiger partial charge in [0.2, 0.25) is 0 Å². The van der Waals surface area contributed by atoms with Crippen LogP contribution in [0.4, 0.5) is 14.5 Å². The van der Waals surface area contributed by atoms with E-state index in [1.165, 1.54) is 0 Å². The number of hydrogen-bond acceptors (Lipinski definition) is 3.